The highest BCUT2D eigenvalue weighted by Crippen LogP contribution is 2.24. The standard InChI is InChI=1S/C23H21NO3S/c1-18-13-15-22(16-14-18)28(26,27)24(17-20-9-5-3-6-10-20)19(2)23(25)21-11-7-4-8-12-21/h3-16H,2,17H2,1H3. The number of allylic oxidation sites excluding steroid dienone is 1. The second-order valence-electron chi connectivity index (χ2n) is 6.45. The molecule has 0 radical (unpaired) electrons. The zero-order valence-corrected chi connectivity index (χ0v) is 16.4. The van der Waals surface area contributed by atoms with Gasteiger partial charge >= 0.3 is 0 Å². The van der Waals surface area contributed by atoms with Crippen LogP contribution in [0.5, 0.6) is 0 Å². The van der Waals surface area contributed by atoms with E-state index in [0.717, 1.165) is 15.4 Å². The first-order valence-electron chi connectivity index (χ1n) is 8.81. The number of Topliss-reactive ketones (excluding diaryl/α,β-unsaturated/α-hetero) is 1. The van der Waals surface area contributed by atoms with E-state index in [9.17, 15) is 13.2 Å². The second-order valence-corrected chi connectivity index (χ2v) is 8.31. The summed E-state index contributed by atoms with van der Waals surface area (Å²) < 4.78 is 27.8. The van der Waals surface area contributed by atoms with Crippen LogP contribution in [0.3, 0.4) is 0 Å². The summed E-state index contributed by atoms with van der Waals surface area (Å²) in [4.78, 5) is 13.0. The maximum Gasteiger partial charge on any atom is 0.264 e. The first-order valence-corrected chi connectivity index (χ1v) is 10.3. The molecule has 3 aromatic rings. The van der Waals surface area contributed by atoms with Crippen LogP contribution in [-0.2, 0) is 16.6 Å². The number of ketones is 1. The average molecular weight is 391 g/mol. The van der Waals surface area contributed by atoms with Crippen molar-refractivity contribution < 1.29 is 13.2 Å². The summed E-state index contributed by atoms with van der Waals surface area (Å²) in [5, 5.41) is 0. The van der Waals surface area contributed by atoms with Crippen molar-refractivity contribution in [1.29, 1.82) is 0 Å². The quantitative estimate of drug-likeness (QED) is 0.437. The molecule has 0 N–H and O–H groups in total. The van der Waals surface area contributed by atoms with Crippen molar-refractivity contribution in [2.24, 2.45) is 0 Å². The third kappa shape index (κ3) is 4.21. The number of nitrogens with zero attached hydrogens (tertiary/aromatic N) is 1. The summed E-state index contributed by atoms with van der Waals surface area (Å²) in [7, 11) is -3.96. The van der Waals surface area contributed by atoms with Gasteiger partial charge in [-0.2, -0.15) is 0 Å². The summed E-state index contributed by atoms with van der Waals surface area (Å²) in [6.07, 6.45) is 0. The molecule has 0 aliphatic carbocycles. The van der Waals surface area contributed by atoms with Crippen molar-refractivity contribution in [2.75, 3.05) is 0 Å². The Hall–Kier alpha value is -3.18. The van der Waals surface area contributed by atoms with Crippen LogP contribution < -0.4 is 0 Å². The van der Waals surface area contributed by atoms with Crippen molar-refractivity contribution >= 4 is 15.8 Å². The Morgan fingerprint density at radius 1 is 0.857 bits per heavy atom. The zero-order valence-electron chi connectivity index (χ0n) is 15.6. The largest absolute Gasteiger partial charge is 0.287 e. The zero-order chi connectivity index (χ0) is 20.1. The molecule has 28 heavy (non-hydrogen) atoms. The molecule has 0 fully saturated rings. The van der Waals surface area contributed by atoms with Gasteiger partial charge in [-0.3, -0.25) is 9.10 Å². The van der Waals surface area contributed by atoms with Crippen molar-refractivity contribution in [3.05, 3.63) is 114 Å². The van der Waals surface area contributed by atoms with Gasteiger partial charge in [0, 0.05) is 5.56 Å². The van der Waals surface area contributed by atoms with Gasteiger partial charge in [0.25, 0.3) is 10.0 Å². The number of aryl methyl sites for hydroxylation is 1. The van der Waals surface area contributed by atoms with Crippen LogP contribution in [0.25, 0.3) is 0 Å². The number of sulfonamides is 1. The summed E-state index contributed by atoms with van der Waals surface area (Å²) in [6, 6.07) is 24.2. The molecule has 0 aromatic heterocycles. The highest BCUT2D eigenvalue weighted by Gasteiger charge is 2.29. The van der Waals surface area contributed by atoms with E-state index in [1.54, 1.807) is 54.6 Å². The fourth-order valence-corrected chi connectivity index (χ4v) is 4.21. The van der Waals surface area contributed by atoms with Gasteiger partial charge in [0.05, 0.1) is 17.1 Å². The van der Waals surface area contributed by atoms with Gasteiger partial charge in [-0.05, 0) is 24.6 Å². The average Bonchev–Trinajstić information content (AvgIpc) is 2.72. The predicted molar refractivity (Wildman–Crippen MR) is 110 cm³/mol. The van der Waals surface area contributed by atoms with Gasteiger partial charge in [0.15, 0.2) is 0 Å². The summed E-state index contributed by atoms with van der Waals surface area (Å²) in [6.45, 7) is 5.74. The van der Waals surface area contributed by atoms with Crippen LogP contribution in [-0.4, -0.2) is 18.5 Å². The van der Waals surface area contributed by atoms with Crippen LogP contribution in [0.2, 0.25) is 0 Å². The third-order valence-corrected chi connectivity index (χ3v) is 6.17. The molecule has 3 aromatic carbocycles. The van der Waals surface area contributed by atoms with Gasteiger partial charge in [0.1, 0.15) is 0 Å². The molecule has 0 spiro atoms. The summed E-state index contributed by atoms with van der Waals surface area (Å²) >= 11 is 0. The van der Waals surface area contributed by atoms with Crippen molar-refractivity contribution in [2.45, 2.75) is 18.4 Å². The molecule has 0 atom stereocenters. The molecule has 142 valence electrons. The molecule has 0 unspecified atom stereocenters. The molecule has 5 heteroatoms. The van der Waals surface area contributed by atoms with Gasteiger partial charge in [-0.25, -0.2) is 8.42 Å². The van der Waals surface area contributed by atoms with E-state index < -0.39 is 15.8 Å². The fourth-order valence-electron chi connectivity index (χ4n) is 2.78. The number of benzene rings is 3. The highest BCUT2D eigenvalue weighted by atomic mass is 32.2. The maximum absolute atomic E-state index is 13.3. The Labute approximate surface area is 165 Å². The Morgan fingerprint density at radius 3 is 1.96 bits per heavy atom. The number of carbonyl (C=O) groups excluding carboxylic acids is 1. The lowest BCUT2D eigenvalue weighted by Crippen LogP contribution is -2.33. The minimum atomic E-state index is -3.96. The topological polar surface area (TPSA) is 54.5 Å². The molecule has 3 rings (SSSR count). The van der Waals surface area contributed by atoms with E-state index in [4.69, 9.17) is 0 Å². The smallest absolute Gasteiger partial charge is 0.264 e. The monoisotopic (exact) mass is 391 g/mol. The third-order valence-electron chi connectivity index (χ3n) is 4.38. The van der Waals surface area contributed by atoms with Gasteiger partial charge in [-0.15, -0.1) is 0 Å². The van der Waals surface area contributed by atoms with Crippen LogP contribution >= 0.6 is 0 Å². The summed E-state index contributed by atoms with van der Waals surface area (Å²) in [5.41, 5.74) is 2.02. The number of rotatable bonds is 7. The van der Waals surface area contributed by atoms with E-state index in [1.165, 1.54) is 0 Å². The molecule has 0 heterocycles. The minimum absolute atomic E-state index is 0.0223. The van der Waals surface area contributed by atoms with Crippen molar-refractivity contribution in [1.82, 2.24) is 4.31 Å². The maximum atomic E-state index is 13.3. The molecule has 0 amide bonds. The minimum Gasteiger partial charge on any atom is -0.287 e. The predicted octanol–water partition coefficient (Wildman–Crippen LogP) is 4.58. The Balaban J connectivity index is 2.03. The normalized spacial score (nSPS) is 11.0. The van der Waals surface area contributed by atoms with Crippen LogP contribution in [0.4, 0.5) is 0 Å². The molecule has 0 aliphatic rings. The number of hydrogen-bond acceptors (Lipinski definition) is 3. The molecule has 4 nitrogen and oxygen atoms in total. The first kappa shape index (κ1) is 19.6. The molecular formula is C23H21NO3S. The van der Waals surface area contributed by atoms with Crippen LogP contribution in [0, 0.1) is 6.92 Å². The van der Waals surface area contributed by atoms with Crippen molar-refractivity contribution in [3.8, 4) is 0 Å². The Kier molecular flexibility index (Phi) is 5.76. The molecule has 0 aliphatic heterocycles. The van der Waals surface area contributed by atoms with E-state index in [1.807, 2.05) is 37.3 Å². The summed E-state index contributed by atoms with van der Waals surface area (Å²) in [5.74, 6) is -0.424. The molecular weight excluding hydrogens is 370 g/mol. The molecule has 0 bridgehead atoms. The molecule has 0 saturated heterocycles. The van der Waals surface area contributed by atoms with Gasteiger partial charge in [-0.1, -0.05) is 84.9 Å². The first-order chi connectivity index (χ1) is 13.4. The highest BCUT2D eigenvalue weighted by molar-refractivity contribution is 7.89. The molecule has 0 saturated carbocycles. The van der Waals surface area contributed by atoms with E-state index in [2.05, 4.69) is 6.58 Å². The Morgan fingerprint density at radius 2 is 1.39 bits per heavy atom. The van der Waals surface area contributed by atoms with Crippen LogP contribution in [0.15, 0.2) is 102 Å². The van der Waals surface area contributed by atoms with E-state index in [0.29, 0.717) is 5.56 Å². The van der Waals surface area contributed by atoms with E-state index in [-0.39, 0.29) is 17.1 Å². The van der Waals surface area contributed by atoms with Crippen molar-refractivity contribution in [3.63, 3.8) is 0 Å². The second kappa shape index (κ2) is 8.23. The fraction of sp³-hybridized carbons (Fsp3) is 0.0870. The van der Waals surface area contributed by atoms with Gasteiger partial charge in [0.2, 0.25) is 5.78 Å². The van der Waals surface area contributed by atoms with E-state index >= 15 is 0 Å². The number of hydrogen-bond donors (Lipinski definition) is 0. The lowest BCUT2D eigenvalue weighted by atomic mass is 10.1. The SMILES string of the molecule is C=C(C(=O)c1ccccc1)N(Cc1ccccc1)S(=O)(=O)c1ccc(C)cc1. The lowest BCUT2D eigenvalue weighted by Gasteiger charge is -2.26. The van der Waals surface area contributed by atoms with Gasteiger partial charge < -0.3 is 0 Å². The Bertz CT molecular complexity index is 1070. The van der Waals surface area contributed by atoms with Crippen LogP contribution in [0.1, 0.15) is 21.5 Å². The lowest BCUT2D eigenvalue weighted by molar-refractivity contribution is 0.101. The number of carbonyl (C=O) groups is 1.